The molecule has 1 aliphatic rings. The zero-order valence-corrected chi connectivity index (χ0v) is 11.2. The largest absolute Gasteiger partial charge is 0.494 e. The molecule has 1 atom stereocenters. The zero-order chi connectivity index (χ0) is 13.2. The van der Waals surface area contributed by atoms with Crippen molar-refractivity contribution < 1.29 is 13.2 Å². The molecule has 6 heteroatoms. The number of hydrogen-bond acceptors (Lipinski definition) is 5. The van der Waals surface area contributed by atoms with Crippen molar-refractivity contribution in [3.63, 3.8) is 0 Å². The van der Waals surface area contributed by atoms with E-state index in [-0.39, 0.29) is 17.5 Å². The van der Waals surface area contributed by atoms with Gasteiger partial charge in [0.15, 0.2) is 9.84 Å². The maximum absolute atomic E-state index is 11.4. The fourth-order valence-electron chi connectivity index (χ4n) is 2.10. The first-order valence-electron chi connectivity index (χ1n) is 5.99. The molecule has 0 saturated carbocycles. The molecule has 18 heavy (non-hydrogen) atoms. The Morgan fingerprint density at radius 1 is 1.44 bits per heavy atom. The van der Waals surface area contributed by atoms with E-state index in [2.05, 4.69) is 5.32 Å². The van der Waals surface area contributed by atoms with Crippen LogP contribution in [-0.2, 0) is 9.84 Å². The highest BCUT2D eigenvalue weighted by atomic mass is 32.2. The number of nitrogen functional groups attached to an aromatic ring is 1. The Bertz CT molecular complexity index is 528. The fraction of sp³-hybridized carbons (Fsp3) is 0.500. The summed E-state index contributed by atoms with van der Waals surface area (Å²) in [6, 6.07) is 5.34. The van der Waals surface area contributed by atoms with Crippen LogP contribution in [0.25, 0.3) is 0 Å². The minimum atomic E-state index is -2.87. The Morgan fingerprint density at radius 3 is 2.83 bits per heavy atom. The van der Waals surface area contributed by atoms with Crippen LogP contribution in [0.1, 0.15) is 13.3 Å². The number of sulfone groups is 1. The molecule has 1 heterocycles. The molecule has 100 valence electrons. The van der Waals surface area contributed by atoms with E-state index in [9.17, 15) is 8.42 Å². The molecular formula is C12H18N2O3S. The van der Waals surface area contributed by atoms with Crippen LogP contribution >= 0.6 is 0 Å². The first-order valence-corrected chi connectivity index (χ1v) is 7.81. The summed E-state index contributed by atoms with van der Waals surface area (Å²) < 4.78 is 28.2. The molecule has 1 saturated heterocycles. The van der Waals surface area contributed by atoms with Crippen LogP contribution in [0.3, 0.4) is 0 Å². The lowest BCUT2D eigenvalue weighted by Gasteiger charge is -2.14. The van der Waals surface area contributed by atoms with Crippen molar-refractivity contribution in [2.45, 2.75) is 19.4 Å². The van der Waals surface area contributed by atoms with Crippen molar-refractivity contribution >= 4 is 21.2 Å². The lowest BCUT2D eigenvalue weighted by atomic mass is 10.2. The van der Waals surface area contributed by atoms with Gasteiger partial charge in [-0.05, 0) is 19.4 Å². The van der Waals surface area contributed by atoms with Gasteiger partial charge in [0.25, 0.3) is 0 Å². The number of nitrogens with one attached hydrogen (secondary N) is 1. The van der Waals surface area contributed by atoms with Gasteiger partial charge in [-0.15, -0.1) is 0 Å². The molecule has 1 unspecified atom stereocenters. The Balaban J connectivity index is 2.09. The molecule has 5 nitrogen and oxygen atoms in total. The van der Waals surface area contributed by atoms with Gasteiger partial charge in [-0.3, -0.25) is 0 Å². The van der Waals surface area contributed by atoms with Crippen LogP contribution in [-0.4, -0.2) is 32.6 Å². The maximum atomic E-state index is 11.4. The molecule has 0 amide bonds. The number of nitrogens with two attached hydrogens (primary N) is 1. The van der Waals surface area contributed by atoms with Gasteiger partial charge in [-0.25, -0.2) is 8.42 Å². The second kappa shape index (κ2) is 5.06. The van der Waals surface area contributed by atoms with Crippen LogP contribution in [0.5, 0.6) is 5.75 Å². The minimum absolute atomic E-state index is 0.0359. The Hall–Kier alpha value is -1.43. The lowest BCUT2D eigenvalue weighted by molar-refractivity contribution is 0.340. The van der Waals surface area contributed by atoms with Crippen molar-refractivity contribution in [3.8, 4) is 5.75 Å². The average Bonchev–Trinajstić information content (AvgIpc) is 2.57. The molecular weight excluding hydrogens is 252 g/mol. The van der Waals surface area contributed by atoms with Gasteiger partial charge in [-0.1, -0.05) is 0 Å². The number of ether oxygens (including phenoxy) is 1. The lowest BCUT2D eigenvalue weighted by Crippen LogP contribution is -2.20. The van der Waals surface area contributed by atoms with Crippen LogP contribution < -0.4 is 15.8 Å². The maximum Gasteiger partial charge on any atom is 0.152 e. The topological polar surface area (TPSA) is 81.4 Å². The van der Waals surface area contributed by atoms with E-state index >= 15 is 0 Å². The van der Waals surface area contributed by atoms with Gasteiger partial charge < -0.3 is 15.8 Å². The fourth-order valence-corrected chi connectivity index (χ4v) is 3.77. The summed E-state index contributed by atoms with van der Waals surface area (Å²) >= 11 is 0. The van der Waals surface area contributed by atoms with Crippen molar-refractivity contribution in [3.05, 3.63) is 18.2 Å². The average molecular weight is 270 g/mol. The Kier molecular flexibility index (Phi) is 3.65. The molecule has 1 aromatic rings. The van der Waals surface area contributed by atoms with Crippen molar-refractivity contribution in [2.75, 3.05) is 29.2 Å². The smallest absolute Gasteiger partial charge is 0.152 e. The summed E-state index contributed by atoms with van der Waals surface area (Å²) in [6.07, 6.45) is 0.640. The van der Waals surface area contributed by atoms with E-state index in [1.165, 1.54) is 0 Å². The van der Waals surface area contributed by atoms with E-state index in [0.29, 0.717) is 24.5 Å². The Labute approximate surface area is 107 Å². The highest BCUT2D eigenvalue weighted by Gasteiger charge is 2.27. The molecule has 1 aliphatic heterocycles. The standard InChI is InChI=1S/C12H18N2O3S/c1-2-17-12-6-9(13)5-11(7-12)14-10-3-4-18(15,16)8-10/h5-7,10,14H,2-4,8,13H2,1H3. The van der Waals surface area contributed by atoms with Gasteiger partial charge in [0.2, 0.25) is 0 Å². The second-order valence-corrected chi connectivity index (χ2v) is 6.70. The van der Waals surface area contributed by atoms with E-state index in [1.807, 2.05) is 13.0 Å². The summed E-state index contributed by atoms with van der Waals surface area (Å²) in [5.41, 5.74) is 7.19. The van der Waals surface area contributed by atoms with Crippen molar-refractivity contribution in [1.82, 2.24) is 0 Å². The van der Waals surface area contributed by atoms with Gasteiger partial charge in [0, 0.05) is 29.5 Å². The summed E-state index contributed by atoms with van der Waals surface area (Å²) in [5.74, 6) is 1.14. The summed E-state index contributed by atoms with van der Waals surface area (Å²) in [6.45, 7) is 2.47. The molecule has 0 radical (unpaired) electrons. The molecule has 0 aromatic heterocycles. The third-order valence-electron chi connectivity index (χ3n) is 2.84. The van der Waals surface area contributed by atoms with E-state index < -0.39 is 9.84 Å². The van der Waals surface area contributed by atoms with Gasteiger partial charge in [0.05, 0.1) is 18.1 Å². The van der Waals surface area contributed by atoms with Crippen molar-refractivity contribution in [1.29, 1.82) is 0 Å². The first-order chi connectivity index (χ1) is 8.48. The van der Waals surface area contributed by atoms with Gasteiger partial charge in [-0.2, -0.15) is 0 Å². The quantitative estimate of drug-likeness (QED) is 0.805. The Morgan fingerprint density at radius 2 is 2.22 bits per heavy atom. The highest BCUT2D eigenvalue weighted by Crippen LogP contribution is 2.25. The van der Waals surface area contributed by atoms with Crippen LogP contribution in [0, 0.1) is 0 Å². The molecule has 2 rings (SSSR count). The van der Waals surface area contributed by atoms with E-state index in [0.717, 1.165) is 5.69 Å². The molecule has 1 fully saturated rings. The van der Waals surface area contributed by atoms with E-state index in [1.54, 1.807) is 12.1 Å². The zero-order valence-electron chi connectivity index (χ0n) is 10.3. The summed E-state index contributed by atoms with van der Waals surface area (Å²) in [5, 5.41) is 3.20. The van der Waals surface area contributed by atoms with Crippen LogP contribution in [0.4, 0.5) is 11.4 Å². The predicted molar refractivity (Wildman–Crippen MR) is 72.7 cm³/mol. The van der Waals surface area contributed by atoms with Gasteiger partial charge >= 0.3 is 0 Å². The van der Waals surface area contributed by atoms with Crippen molar-refractivity contribution in [2.24, 2.45) is 0 Å². The van der Waals surface area contributed by atoms with Crippen LogP contribution in [0.2, 0.25) is 0 Å². The number of rotatable bonds is 4. The second-order valence-electron chi connectivity index (χ2n) is 4.47. The first kappa shape index (κ1) is 13.0. The van der Waals surface area contributed by atoms with Gasteiger partial charge in [0.1, 0.15) is 5.75 Å². The van der Waals surface area contributed by atoms with Crippen LogP contribution in [0.15, 0.2) is 18.2 Å². The SMILES string of the molecule is CCOc1cc(N)cc(NC2CCS(=O)(=O)C2)c1. The minimum Gasteiger partial charge on any atom is -0.494 e. The monoisotopic (exact) mass is 270 g/mol. The molecule has 0 aliphatic carbocycles. The number of hydrogen-bond donors (Lipinski definition) is 2. The summed E-state index contributed by atoms with van der Waals surface area (Å²) in [4.78, 5) is 0. The highest BCUT2D eigenvalue weighted by molar-refractivity contribution is 7.91. The van der Waals surface area contributed by atoms with E-state index in [4.69, 9.17) is 10.5 Å². The number of benzene rings is 1. The molecule has 0 spiro atoms. The molecule has 0 bridgehead atoms. The number of anilines is 2. The third-order valence-corrected chi connectivity index (χ3v) is 4.61. The molecule has 1 aromatic carbocycles. The molecule has 3 N–H and O–H groups in total. The third kappa shape index (κ3) is 3.29. The predicted octanol–water partition coefficient (Wildman–Crippen LogP) is 1.27. The normalized spacial score (nSPS) is 21.7. The summed E-state index contributed by atoms with van der Waals surface area (Å²) in [7, 11) is -2.87.